The minimum Gasteiger partial charge on any atom is -0.354 e. The van der Waals surface area contributed by atoms with E-state index >= 15 is 0 Å². The molecule has 0 fully saturated rings. The zero-order valence-electron chi connectivity index (χ0n) is 22.5. The lowest BCUT2D eigenvalue weighted by molar-refractivity contribution is -0.139. The van der Waals surface area contributed by atoms with Crippen molar-refractivity contribution in [1.29, 1.82) is 0 Å². The number of halogens is 6. The lowest BCUT2D eigenvalue weighted by Gasteiger charge is -2.32. The van der Waals surface area contributed by atoms with E-state index in [4.69, 9.17) is 34.8 Å². The first-order chi connectivity index (χ1) is 19.7. The first-order valence-electron chi connectivity index (χ1n) is 12.6. The van der Waals surface area contributed by atoms with Gasteiger partial charge in [0.05, 0.1) is 31.2 Å². The van der Waals surface area contributed by atoms with E-state index in [9.17, 15) is 31.2 Å². The SMILES string of the molecule is CCCNC(=O)C(C)N(Cc1ccc(Cl)c(Cl)c1)C(=O)CN(c1cc(C(F)(F)F)ccc1Cl)S(=O)(=O)c1ccccc1. The number of amides is 2. The molecule has 0 aliphatic carbocycles. The summed E-state index contributed by atoms with van der Waals surface area (Å²) in [5.41, 5.74) is -1.24. The molecule has 0 aliphatic heterocycles. The lowest BCUT2D eigenvalue weighted by Crippen LogP contribution is -2.51. The van der Waals surface area contributed by atoms with Gasteiger partial charge in [0.25, 0.3) is 10.0 Å². The number of rotatable bonds is 11. The maximum atomic E-state index is 13.9. The summed E-state index contributed by atoms with van der Waals surface area (Å²) in [6, 6.07) is 12.5. The molecule has 0 saturated carbocycles. The van der Waals surface area contributed by atoms with Gasteiger partial charge in [0.15, 0.2) is 0 Å². The molecule has 3 aromatic rings. The third-order valence-electron chi connectivity index (χ3n) is 6.21. The summed E-state index contributed by atoms with van der Waals surface area (Å²) < 4.78 is 69.0. The Morgan fingerprint density at radius 3 is 2.17 bits per heavy atom. The van der Waals surface area contributed by atoms with Crippen LogP contribution in [0.1, 0.15) is 31.4 Å². The number of anilines is 1. The van der Waals surface area contributed by atoms with Crippen molar-refractivity contribution in [2.75, 3.05) is 17.4 Å². The minimum atomic E-state index is -4.82. The average molecular weight is 665 g/mol. The maximum Gasteiger partial charge on any atom is 0.416 e. The van der Waals surface area contributed by atoms with Crippen molar-refractivity contribution in [1.82, 2.24) is 10.2 Å². The third-order valence-corrected chi connectivity index (χ3v) is 9.04. The molecule has 3 aromatic carbocycles. The van der Waals surface area contributed by atoms with E-state index in [1.165, 1.54) is 43.3 Å². The molecule has 14 heteroatoms. The van der Waals surface area contributed by atoms with Crippen LogP contribution in [0.3, 0.4) is 0 Å². The molecule has 2 amide bonds. The van der Waals surface area contributed by atoms with E-state index < -0.39 is 51.9 Å². The van der Waals surface area contributed by atoms with Crippen LogP contribution < -0.4 is 9.62 Å². The van der Waals surface area contributed by atoms with Crippen LogP contribution in [0.2, 0.25) is 15.1 Å². The van der Waals surface area contributed by atoms with Gasteiger partial charge in [0, 0.05) is 13.1 Å². The van der Waals surface area contributed by atoms with Gasteiger partial charge >= 0.3 is 6.18 Å². The Labute approximate surface area is 257 Å². The van der Waals surface area contributed by atoms with Crippen molar-refractivity contribution >= 4 is 62.3 Å². The summed E-state index contributed by atoms with van der Waals surface area (Å²) in [7, 11) is -4.62. The van der Waals surface area contributed by atoms with Crippen LogP contribution in [0.5, 0.6) is 0 Å². The van der Waals surface area contributed by atoms with Crippen molar-refractivity contribution < 1.29 is 31.2 Å². The molecule has 0 heterocycles. The number of benzene rings is 3. The average Bonchev–Trinajstić information content (AvgIpc) is 2.94. The molecule has 0 saturated heterocycles. The first kappa shape index (κ1) is 33.5. The van der Waals surface area contributed by atoms with Gasteiger partial charge in [-0.3, -0.25) is 13.9 Å². The fourth-order valence-electron chi connectivity index (χ4n) is 3.93. The van der Waals surface area contributed by atoms with E-state index in [0.717, 1.165) is 11.0 Å². The molecular formula is C28H27Cl3F3N3O4S. The smallest absolute Gasteiger partial charge is 0.354 e. The molecule has 7 nitrogen and oxygen atoms in total. The monoisotopic (exact) mass is 663 g/mol. The van der Waals surface area contributed by atoms with Crippen LogP contribution in [0.25, 0.3) is 0 Å². The number of sulfonamides is 1. The fraction of sp³-hybridized carbons (Fsp3) is 0.286. The van der Waals surface area contributed by atoms with Crippen LogP contribution >= 0.6 is 34.8 Å². The third kappa shape index (κ3) is 8.09. The molecule has 0 bridgehead atoms. The highest BCUT2D eigenvalue weighted by Crippen LogP contribution is 2.37. The molecule has 1 unspecified atom stereocenters. The number of hydrogen-bond acceptors (Lipinski definition) is 4. The van der Waals surface area contributed by atoms with Crippen LogP contribution in [0.15, 0.2) is 71.6 Å². The largest absolute Gasteiger partial charge is 0.416 e. The summed E-state index contributed by atoms with van der Waals surface area (Å²) in [6.45, 7) is 2.46. The first-order valence-corrected chi connectivity index (χ1v) is 15.2. The summed E-state index contributed by atoms with van der Waals surface area (Å²) in [6.07, 6.45) is -4.20. The second-order valence-electron chi connectivity index (χ2n) is 9.23. The Bertz CT molecular complexity index is 1540. The highest BCUT2D eigenvalue weighted by molar-refractivity contribution is 7.92. The van der Waals surface area contributed by atoms with Crippen LogP contribution in [0.4, 0.5) is 18.9 Å². The van der Waals surface area contributed by atoms with Gasteiger partial charge < -0.3 is 10.2 Å². The number of alkyl halides is 3. The molecule has 3 rings (SSSR count). The highest BCUT2D eigenvalue weighted by atomic mass is 35.5. The van der Waals surface area contributed by atoms with Gasteiger partial charge in [-0.25, -0.2) is 8.42 Å². The molecule has 0 aromatic heterocycles. The normalized spacial score (nSPS) is 12.5. The Morgan fingerprint density at radius 2 is 1.57 bits per heavy atom. The molecule has 226 valence electrons. The Kier molecular flexibility index (Phi) is 11.2. The van der Waals surface area contributed by atoms with Crippen LogP contribution in [-0.2, 0) is 32.3 Å². The van der Waals surface area contributed by atoms with Crippen molar-refractivity contribution in [3.05, 3.63) is 92.9 Å². The number of carbonyl (C=O) groups excluding carboxylic acids is 2. The van der Waals surface area contributed by atoms with Gasteiger partial charge in [-0.15, -0.1) is 0 Å². The molecule has 0 spiro atoms. The van der Waals surface area contributed by atoms with E-state index in [-0.39, 0.29) is 26.5 Å². The van der Waals surface area contributed by atoms with E-state index in [2.05, 4.69) is 5.32 Å². The predicted octanol–water partition coefficient (Wildman–Crippen LogP) is 6.80. The second-order valence-corrected chi connectivity index (χ2v) is 12.3. The predicted molar refractivity (Wildman–Crippen MR) is 157 cm³/mol. The number of nitrogens with one attached hydrogen (secondary N) is 1. The van der Waals surface area contributed by atoms with E-state index in [1.54, 1.807) is 12.1 Å². The molecular weight excluding hydrogens is 638 g/mol. The fourth-order valence-corrected chi connectivity index (χ4v) is 5.96. The number of nitrogens with zero attached hydrogens (tertiary/aromatic N) is 2. The van der Waals surface area contributed by atoms with Crippen LogP contribution in [0, 0.1) is 0 Å². The summed E-state index contributed by atoms with van der Waals surface area (Å²) in [5, 5.41) is 2.80. The van der Waals surface area contributed by atoms with Gasteiger partial charge in [-0.05, 0) is 61.4 Å². The maximum absolute atomic E-state index is 13.9. The van der Waals surface area contributed by atoms with Crippen molar-refractivity contribution in [2.45, 2.75) is 43.9 Å². The summed E-state index contributed by atoms with van der Waals surface area (Å²) in [5.74, 6) is -1.40. The molecule has 42 heavy (non-hydrogen) atoms. The Hall–Kier alpha value is -2.99. The lowest BCUT2D eigenvalue weighted by atomic mass is 10.1. The Balaban J connectivity index is 2.12. The molecule has 1 N–H and O–H groups in total. The zero-order valence-corrected chi connectivity index (χ0v) is 25.5. The molecule has 1 atom stereocenters. The highest BCUT2D eigenvalue weighted by Gasteiger charge is 2.36. The second kappa shape index (κ2) is 14.0. The number of hydrogen-bond donors (Lipinski definition) is 1. The van der Waals surface area contributed by atoms with E-state index in [0.29, 0.717) is 35.0 Å². The van der Waals surface area contributed by atoms with Crippen molar-refractivity contribution in [3.63, 3.8) is 0 Å². The Morgan fingerprint density at radius 1 is 0.929 bits per heavy atom. The van der Waals surface area contributed by atoms with Gasteiger partial charge in [0.2, 0.25) is 11.8 Å². The summed E-state index contributed by atoms with van der Waals surface area (Å²) in [4.78, 5) is 27.6. The van der Waals surface area contributed by atoms with E-state index in [1.807, 2.05) is 6.92 Å². The van der Waals surface area contributed by atoms with Crippen molar-refractivity contribution in [3.8, 4) is 0 Å². The topological polar surface area (TPSA) is 86.8 Å². The molecule has 0 aliphatic rings. The van der Waals surface area contributed by atoms with Crippen molar-refractivity contribution in [2.24, 2.45) is 0 Å². The van der Waals surface area contributed by atoms with Crippen LogP contribution in [-0.4, -0.2) is 44.3 Å². The number of carbonyl (C=O) groups is 2. The van der Waals surface area contributed by atoms with Gasteiger partial charge in [0.1, 0.15) is 12.6 Å². The van der Waals surface area contributed by atoms with Gasteiger partial charge in [-0.1, -0.05) is 66.0 Å². The summed E-state index contributed by atoms with van der Waals surface area (Å²) >= 11 is 18.4. The quantitative estimate of drug-likeness (QED) is 0.244. The standard InChI is InChI=1S/C28H27Cl3F3N3O4S/c1-3-13-35-27(39)18(2)36(16-19-9-11-22(29)24(31)14-19)26(38)17-37(42(40,41)21-7-5-4-6-8-21)25-15-20(28(32,33)34)10-12-23(25)30/h4-12,14-15,18H,3,13,16-17H2,1-2H3,(H,35,39). The zero-order chi connectivity index (χ0) is 31.2. The molecule has 0 radical (unpaired) electrons. The van der Waals surface area contributed by atoms with Gasteiger partial charge in [-0.2, -0.15) is 13.2 Å². The minimum absolute atomic E-state index is 0.189.